The van der Waals surface area contributed by atoms with Crippen molar-refractivity contribution >= 4 is 27.3 Å². The summed E-state index contributed by atoms with van der Waals surface area (Å²) in [5.41, 5.74) is 2.09. The number of nitrogens with one attached hydrogen (secondary N) is 1. The van der Waals surface area contributed by atoms with Crippen LogP contribution in [0.2, 0.25) is 0 Å². The van der Waals surface area contributed by atoms with Crippen LogP contribution in [0.3, 0.4) is 0 Å². The number of anilines is 2. The van der Waals surface area contributed by atoms with Gasteiger partial charge in [-0.2, -0.15) is 0 Å². The SMILES string of the molecule is CCOc1cccc(NS(=O)(=O)c2ccc3c(c2)CCN3C(C)=O)c1. The van der Waals surface area contributed by atoms with Crippen molar-refractivity contribution in [1.82, 2.24) is 0 Å². The van der Waals surface area contributed by atoms with Gasteiger partial charge in [-0.15, -0.1) is 0 Å². The molecule has 0 aliphatic carbocycles. The smallest absolute Gasteiger partial charge is 0.261 e. The number of fused-ring (bicyclic) bond motifs is 1. The first kappa shape index (κ1) is 17.3. The molecule has 0 unspecified atom stereocenters. The second-order valence-electron chi connectivity index (χ2n) is 5.78. The Morgan fingerprint density at radius 3 is 2.76 bits per heavy atom. The molecule has 0 saturated heterocycles. The monoisotopic (exact) mass is 360 g/mol. The fourth-order valence-electron chi connectivity index (χ4n) is 2.90. The number of ether oxygens (including phenoxy) is 1. The molecule has 1 heterocycles. The molecule has 2 aromatic rings. The van der Waals surface area contributed by atoms with E-state index in [2.05, 4.69) is 4.72 Å². The van der Waals surface area contributed by atoms with Crippen LogP contribution in [0.4, 0.5) is 11.4 Å². The lowest BCUT2D eigenvalue weighted by atomic mass is 10.2. The van der Waals surface area contributed by atoms with E-state index in [1.165, 1.54) is 13.0 Å². The first-order valence-electron chi connectivity index (χ1n) is 8.07. The van der Waals surface area contributed by atoms with Crippen LogP contribution in [0.1, 0.15) is 19.4 Å². The molecule has 0 fully saturated rings. The minimum Gasteiger partial charge on any atom is -0.494 e. The van der Waals surface area contributed by atoms with Crippen LogP contribution >= 0.6 is 0 Å². The predicted molar refractivity (Wildman–Crippen MR) is 96.6 cm³/mol. The lowest BCUT2D eigenvalue weighted by Crippen LogP contribution is -2.25. The Bertz CT molecular complexity index is 909. The molecule has 1 amide bonds. The quantitative estimate of drug-likeness (QED) is 0.890. The van der Waals surface area contributed by atoms with Gasteiger partial charge in [-0.1, -0.05) is 6.07 Å². The van der Waals surface area contributed by atoms with Crippen LogP contribution in [-0.4, -0.2) is 27.5 Å². The zero-order valence-corrected chi connectivity index (χ0v) is 15.0. The Hall–Kier alpha value is -2.54. The van der Waals surface area contributed by atoms with Crippen molar-refractivity contribution < 1.29 is 17.9 Å². The number of nitrogens with zero attached hydrogens (tertiary/aromatic N) is 1. The summed E-state index contributed by atoms with van der Waals surface area (Å²) in [5, 5.41) is 0. The third-order valence-electron chi connectivity index (χ3n) is 4.03. The summed E-state index contributed by atoms with van der Waals surface area (Å²) < 4.78 is 33.3. The van der Waals surface area contributed by atoms with Gasteiger partial charge >= 0.3 is 0 Å². The molecular formula is C18H20N2O4S. The number of carbonyl (C=O) groups is 1. The van der Waals surface area contributed by atoms with E-state index in [0.29, 0.717) is 31.0 Å². The predicted octanol–water partition coefficient (Wildman–Crippen LogP) is 2.80. The molecular weight excluding hydrogens is 340 g/mol. The maximum Gasteiger partial charge on any atom is 0.261 e. The highest BCUT2D eigenvalue weighted by atomic mass is 32.2. The number of benzene rings is 2. The second kappa shape index (κ2) is 6.76. The maximum absolute atomic E-state index is 12.7. The standard InChI is InChI=1S/C18H20N2O4S/c1-3-24-16-6-4-5-15(12-16)19-25(22,23)17-7-8-18-14(11-17)9-10-20(18)13(2)21/h4-8,11-12,19H,3,9-10H2,1-2H3. The van der Waals surface area contributed by atoms with E-state index < -0.39 is 10.0 Å². The Morgan fingerprint density at radius 1 is 1.24 bits per heavy atom. The maximum atomic E-state index is 12.7. The van der Waals surface area contributed by atoms with E-state index in [9.17, 15) is 13.2 Å². The largest absolute Gasteiger partial charge is 0.494 e. The van der Waals surface area contributed by atoms with Gasteiger partial charge in [0.1, 0.15) is 5.75 Å². The summed E-state index contributed by atoms with van der Waals surface area (Å²) in [6.07, 6.45) is 0.651. The van der Waals surface area contributed by atoms with Gasteiger partial charge in [-0.25, -0.2) is 8.42 Å². The van der Waals surface area contributed by atoms with E-state index in [0.717, 1.165) is 11.3 Å². The van der Waals surface area contributed by atoms with Crippen LogP contribution in [0.5, 0.6) is 5.75 Å². The summed E-state index contributed by atoms with van der Waals surface area (Å²) in [5.74, 6) is 0.564. The van der Waals surface area contributed by atoms with Crippen LogP contribution in [0, 0.1) is 0 Å². The highest BCUT2D eigenvalue weighted by Crippen LogP contribution is 2.31. The average molecular weight is 360 g/mol. The van der Waals surface area contributed by atoms with E-state index in [1.807, 2.05) is 6.92 Å². The molecule has 1 N–H and O–H groups in total. The van der Waals surface area contributed by atoms with Crippen LogP contribution < -0.4 is 14.4 Å². The van der Waals surface area contributed by atoms with Crippen molar-refractivity contribution in [2.24, 2.45) is 0 Å². The van der Waals surface area contributed by atoms with E-state index in [1.54, 1.807) is 41.3 Å². The van der Waals surface area contributed by atoms with Gasteiger partial charge in [-0.3, -0.25) is 9.52 Å². The Labute approximate surface area is 147 Å². The zero-order chi connectivity index (χ0) is 18.0. The van der Waals surface area contributed by atoms with Gasteiger partial charge in [0.05, 0.1) is 17.2 Å². The Balaban J connectivity index is 1.86. The molecule has 0 radical (unpaired) electrons. The van der Waals surface area contributed by atoms with E-state index in [4.69, 9.17) is 4.74 Å². The van der Waals surface area contributed by atoms with Gasteiger partial charge < -0.3 is 9.64 Å². The summed E-state index contributed by atoms with van der Waals surface area (Å²) in [6.45, 7) is 4.46. The molecule has 0 spiro atoms. The summed E-state index contributed by atoms with van der Waals surface area (Å²) in [6, 6.07) is 11.7. The van der Waals surface area contributed by atoms with Gasteiger partial charge in [0, 0.05) is 25.2 Å². The van der Waals surface area contributed by atoms with Crippen molar-refractivity contribution in [2.45, 2.75) is 25.2 Å². The van der Waals surface area contributed by atoms with Crippen molar-refractivity contribution in [2.75, 3.05) is 22.8 Å². The Morgan fingerprint density at radius 2 is 2.04 bits per heavy atom. The molecule has 2 aromatic carbocycles. The molecule has 0 bridgehead atoms. The van der Waals surface area contributed by atoms with Crippen LogP contribution in [-0.2, 0) is 21.2 Å². The minimum atomic E-state index is -3.71. The highest BCUT2D eigenvalue weighted by Gasteiger charge is 2.24. The van der Waals surface area contributed by atoms with Gasteiger partial charge in [-0.05, 0) is 49.2 Å². The molecule has 1 aliphatic rings. The summed E-state index contributed by atoms with van der Waals surface area (Å²) >= 11 is 0. The fourth-order valence-corrected chi connectivity index (χ4v) is 4.00. The molecule has 0 aromatic heterocycles. The van der Waals surface area contributed by atoms with E-state index in [-0.39, 0.29) is 10.8 Å². The number of hydrogen-bond donors (Lipinski definition) is 1. The number of rotatable bonds is 5. The summed E-state index contributed by atoms with van der Waals surface area (Å²) in [7, 11) is -3.71. The van der Waals surface area contributed by atoms with Crippen molar-refractivity contribution in [3.8, 4) is 5.75 Å². The van der Waals surface area contributed by atoms with Crippen molar-refractivity contribution in [1.29, 1.82) is 0 Å². The molecule has 0 saturated carbocycles. The lowest BCUT2D eigenvalue weighted by molar-refractivity contribution is -0.116. The third-order valence-corrected chi connectivity index (χ3v) is 5.41. The van der Waals surface area contributed by atoms with Crippen molar-refractivity contribution in [3.05, 3.63) is 48.0 Å². The number of carbonyl (C=O) groups excluding carboxylic acids is 1. The fraction of sp³-hybridized carbons (Fsp3) is 0.278. The minimum absolute atomic E-state index is 0.0415. The highest BCUT2D eigenvalue weighted by molar-refractivity contribution is 7.92. The third kappa shape index (κ3) is 3.61. The number of amides is 1. The normalized spacial score (nSPS) is 13.4. The molecule has 0 atom stereocenters. The topological polar surface area (TPSA) is 75.7 Å². The summed E-state index contributed by atoms with van der Waals surface area (Å²) in [4.78, 5) is 13.4. The number of sulfonamides is 1. The molecule has 132 valence electrons. The lowest BCUT2D eigenvalue weighted by Gasteiger charge is -2.15. The first-order valence-corrected chi connectivity index (χ1v) is 9.56. The average Bonchev–Trinajstić information content (AvgIpc) is 2.98. The number of hydrogen-bond acceptors (Lipinski definition) is 4. The van der Waals surface area contributed by atoms with E-state index >= 15 is 0 Å². The van der Waals surface area contributed by atoms with Crippen LogP contribution in [0.15, 0.2) is 47.4 Å². The van der Waals surface area contributed by atoms with Gasteiger partial charge in [0.15, 0.2) is 0 Å². The zero-order valence-electron chi connectivity index (χ0n) is 14.2. The first-order chi connectivity index (χ1) is 11.9. The molecule has 1 aliphatic heterocycles. The second-order valence-corrected chi connectivity index (χ2v) is 7.46. The van der Waals surface area contributed by atoms with Gasteiger partial charge in [0.25, 0.3) is 10.0 Å². The van der Waals surface area contributed by atoms with Crippen LogP contribution in [0.25, 0.3) is 0 Å². The Kier molecular flexibility index (Phi) is 4.67. The molecule has 6 nitrogen and oxygen atoms in total. The van der Waals surface area contributed by atoms with Gasteiger partial charge in [0.2, 0.25) is 5.91 Å². The molecule has 3 rings (SSSR count). The molecule has 7 heteroatoms. The molecule has 25 heavy (non-hydrogen) atoms. The van der Waals surface area contributed by atoms with Crippen molar-refractivity contribution in [3.63, 3.8) is 0 Å².